The lowest BCUT2D eigenvalue weighted by Gasteiger charge is -2.34. The predicted molar refractivity (Wildman–Crippen MR) is 93.1 cm³/mol. The standard InChI is InChI=1S/C16H20N4O4S/c1-12-16(13(2)24-17-12)25(22,23)18-14-3-5-15(6-4-14)20-9-7-19(11-21)8-10-20/h3-6,11,18H,7-10H2,1-2H3. The van der Waals surface area contributed by atoms with Gasteiger partial charge in [-0.1, -0.05) is 5.16 Å². The average Bonchev–Trinajstić information content (AvgIpc) is 2.95. The molecule has 1 fully saturated rings. The predicted octanol–water partition coefficient (Wildman–Crippen LogP) is 1.37. The van der Waals surface area contributed by atoms with Crippen molar-refractivity contribution < 1.29 is 17.7 Å². The molecule has 0 bridgehead atoms. The highest BCUT2D eigenvalue weighted by molar-refractivity contribution is 7.92. The molecule has 2 heterocycles. The van der Waals surface area contributed by atoms with Crippen molar-refractivity contribution in [1.29, 1.82) is 0 Å². The molecule has 3 rings (SSSR count). The number of rotatable bonds is 5. The van der Waals surface area contributed by atoms with Crippen LogP contribution < -0.4 is 9.62 Å². The largest absolute Gasteiger partial charge is 0.368 e. The number of aromatic nitrogens is 1. The van der Waals surface area contributed by atoms with Gasteiger partial charge in [0.25, 0.3) is 10.0 Å². The molecule has 0 spiro atoms. The van der Waals surface area contributed by atoms with Crippen LogP contribution in [-0.4, -0.2) is 51.1 Å². The molecule has 1 aromatic heterocycles. The number of carbonyl (C=O) groups is 1. The van der Waals surface area contributed by atoms with Gasteiger partial charge >= 0.3 is 0 Å². The zero-order valence-electron chi connectivity index (χ0n) is 14.1. The fourth-order valence-electron chi connectivity index (χ4n) is 2.89. The number of aryl methyl sites for hydroxylation is 2. The van der Waals surface area contributed by atoms with Gasteiger partial charge < -0.3 is 14.3 Å². The van der Waals surface area contributed by atoms with E-state index in [1.807, 2.05) is 12.1 Å². The molecule has 2 aromatic rings. The number of hydrogen-bond donors (Lipinski definition) is 1. The van der Waals surface area contributed by atoms with E-state index in [0.29, 0.717) is 24.5 Å². The normalized spacial score (nSPS) is 15.3. The average molecular weight is 364 g/mol. The smallest absolute Gasteiger partial charge is 0.267 e. The number of amides is 1. The van der Waals surface area contributed by atoms with Crippen molar-refractivity contribution in [2.45, 2.75) is 18.7 Å². The first-order valence-electron chi connectivity index (χ1n) is 7.91. The van der Waals surface area contributed by atoms with Crippen molar-refractivity contribution in [3.05, 3.63) is 35.7 Å². The first-order valence-corrected chi connectivity index (χ1v) is 9.39. The van der Waals surface area contributed by atoms with E-state index in [4.69, 9.17) is 4.52 Å². The molecule has 1 aliphatic rings. The Morgan fingerprint density at radius 1 is 1.12 bits per heavy atom. The van der Waals surface area contributed by atoms with Crippen LogP contribution in [0.3, 0.4) is 0 Å². The van der Waals surface area contributed by atoms with E-state index in [0.717, 1.165) is 25.2 Å². The lowest BCUT2D eigenvalue weighted by molar-refractivity contribution is -0.118. The van der Waals surface area contributed by atoms with E-state index in [2.05, 4.69) is 14.8 Å². The molecular weight excluding hydrogens is 344 g/mol. The Morgan fingerprint density at radius 2 is 1.76 bits per heavy atom. The lowest BCUT2D eigenvalue weighted by atomic mass is 10.2. The molecule has 134 valence electrons. The SMILES string of the molecule is Cc1noc(C)c1S(=O)(=O)Nc1ccc(N2CCN(C=O)CC2)cc1. The maximum Gasteiger partial charge on any atom is 0.267 e. The fraction of sp³-hybridized carbons (Fsp3) is 0.375. The molecular formula is C16H20N4O4S. The number of sulfonamides is 1. The van der Waals surface area contributed by atoms with Gasteiger partial charge in [-0.25, -0.2) is 8.42 Å². The van der Waals surface area contributed by atoms with Gasteiger partial charge in [0.1, 0.15) is 5.69 Å². The number of piperazine rings is 1. The van der Waals surface area contributed by atoms with E-state index >= 15 is 0 Å². The molecule has 0 aliphatic carbocycles. The molecule has 1 amide bonds. The van der Waals surface area contributed by atoms with Gasteiger partial charge in [-0.3, -0.25) is 9.52 Å². The summed E-state index contributed by atoms with van der Waals surface area (Å²) < 4.78 is 32.5. The van der Waals surface area contributed by atoms with Gasteiger partial charge in [0.2, 0.25) is 6.41 Å². The highest BCUT2D eigenvalue weighted by Crippen LogP contribution is 2.24. The van der Waals surface area contributed by atoms with Gasteiger partial charge in [-0.2, -0.15) is 0 Å². The van der Waals surface area contributed by atoms with Crippen LogP contribution >= 0.6 is 0 Å². The molecule has 0 unspecified atom stereocenters. The number of anilines is 2. The van der Waals surface area contributed by atoms with E-state index in [-0.39, 0.29) is 10.7 Å². The Labute approximate surface area is 146 Å². The van der Waals surface area contributed by atoms with E-state index in [1.54, 1.807) is 30.9 Å². The maximum atomic E-state index is 12.5. The van der Waals surface area contributed by atoms with Crippen molar-refractivity contribution in [1.82, 2.24) is 10.1 Å². The summed E-state index contributed by atoms with van der Waals surface area (Å²) in [4.78, 5) is 14.7. The minimum atomic E-state index is -3.75. The molecule has 8 nitrogen and oxygen atoms in total. The van der Waals surface area contributed by atoms with Crippen molar-refractivity contribution in [2.75, 3.05) is 35.8 Å². The van der Waals surface area contributed by atoms with E-state index < -0.39 is 10.0 Å². The Kier molecular flexibility index (Phi) is 4.67. The monoisotopic (exact) mass is 364 g/mol. The number of benzene rings is 1. The Hall–Kier alpha value is -2.55. The number of nitrogens with zero attached hydrogens (tertiary/aromatic N) is 3. The molecule has 1 aromatic carbocycles. The third kappa shape index (κ3) is 3.60. The molecule has 1 saturated heterocycles. The van der Waals surface area contributed by atoms with Crippen LogP contribution in [0.1, 0.15) is 11.5 Å². The zero-order chi connectivity index (χ0) is 18.0. The summed E-state index contributed by atoms with van der Waals surface area (Å²) in [5, 5.41) is 3.68. The summed E-state index contributed by atoms with van der Waals surface area (Å²) in [5.74, 6) is 0.259. The topological polar surface area (TPSA) is 95.8 Å². The third-order valence-electron chi connectivity index (χ3n) is 4.18. The van der Waals surface area contributed by atoms with Crippen LogP contribution in [0.15, 0.2) is 33.7 Å². The minimum absolute atomic E-state index is 0.0709. The highest BCUT2D eigenvalue weighted by Gasteiger charge is 2.24. The summed E-state index contributed by atoms with van der Waals surface area (Å²) in [6.45, 7) is 6.03. The molecule has 1 aliphatic heterocycles. The van der Waals surface area contributed by atoms with Crippen molar-refractivity contribution >= 4 is 27.8 Å². The maximum absolute atomic E-state index is 12.5. The minimum Gasteiger partial charge on any atom is -0.368 e. The summed E-state index contributed by atoms with van der Waals surface area (Å²) in [5.41, 5.74) is 1.79. The van der Waals surface area contributed by atoms with Crippen LogP contribution in [0, 0.1) is 13.8 Å². The Morgan fingerprint density at radius 3 is 2.28 bits per heavy atom. The van der Waals surface area contributed by atoms with Crippen LogP contribution in [0.2, 0.25) is 0 Å². The van der Waals surface area contributed by atoms with Crippen molar-refractivity contribution in [3.63, 3.8) is 0 Å². The van der Waals surface area contributed by atoms with Crippen molar-refractivity contribution in [2.24, 2.45) is 0 Å². The van der Waals surface area contributed by atoms with Gasteiger partial charge in [-0.05, 0) is 38.1 Å². The van der Waals surface area contributed by atoms with Gasteiger partial charge in [0.15, 0.2) is 10.7 Å². The molecule has 25 heavy (non-hydrogen) atoms. The van der Waals surface area contributed by atoms with Crippen LogP contribution in [0.25, 0.3) is 0 Å². The zero-order valence-corrected chi connectivity index (χ0v) is 14.9. The molecule has 0 atom stereocenters. The number of carbonyl (C=O) groups excluding carboxylic acids is 1. The van der Waals surface area contributed by atoms with E-state index in [1.165, 1.54) is 0 Å². The molecule has 9 heteroatoms. The summed E-state index contributed by atoms with van der Waals surface area (Å²) >= 11 is 0. The summed E-state index contributed by atoms with van der Waals surface area (Å²) in [6, 6.07) is 7.16. The third-order valence-corrected chi connectivity index (χ3v) is 5.81. The highest BCUT2D eigenvalue weighted by atomic mass is 32.2. The fourth-order valence-corrected chi connectivity index (χ4v) is 4.28. The first-order chi connectivity index (χ1) is 11.9. The second-order valence-corrected chi connectivity index (χ2v) is 7.55. The van der Waals surface area contributed by atoms with Crippen LogP contribution in [-0.2, 0) is 14.8 Å². The number of hydrogen-bond acceptors (Lipinski definition) is 6. The second-order valence-electron chi connectivity index (χ2n) is 5.93. The second kappa shape index (κ2) is 6.75. The summed E-state index contributed by atoms with van der Waals surface area (Å²) in [7, 11) is -3.75. The number of nitrogens with one attached hydrogen (secondary N) is 1. The Balaban J connectivity index is 1.72. The van der Waals surface area contributed by atoms with Gasteiger partial charge in [0, 0.05) is 37.6 Å². The molecule has 1 N–H and O–H groups in total. The van der Waals surface area contributed by atoms with Gasteiger partial charge in [0.05, 0.1) is 0 Å². The molecule has 0 saturated carbocycles. The van der Waals surface area contributed by atoms with Crippen molar-refractivity contribution in [3.8, 4) is 0 Å². The Bertz CT molecular complexity index is 833. The molecule has 0 radical (unpaired) electrons. The van der Waals surface area contributed by atoms with E-state index in [9.17, 15) is 13.2 Å². The van der Waals surface area contributed by atoms with Crippen LogP contribution in [0.4, 0.5) is 11.4 Å². The quantitative estimate of drug-likeness (QED) is 0.805. The lowest BCUT2D eigenvalue weighted by Crippen LogP contribution is -2.45. The summed E-state index contributed by atoms with van der Waals surface area (Å²) in [6.07, 6.45) is 0.865. The van der Waals surface area contributed by atoms with Gasteiger partial charge in [-0.15, -0.1) is 0 Å². The van der Waals surface area contributed by atoms with Crippen LogP contribution in [0.5, 0.6) is 0 Å². The first kappa shape index (κ1) is 17.3.